The lowest BCUT2D eigenvalue weighted by Crippen LogP contribution is -2.39. The smallest absolute Gasteiger partial charge is 0.386 e. The van der Waals surface area contributed by atoms with Crippen molar-refractivity contribution in [1.29, 1.82) is 0 Å². The molecule has 35 heavy (non-hydrogen) atoms. The molecule has 3 aromatic heterocycles. The molecule has 182 valence electrons. The van der Waals surface area contributed by atoms with Gasteiger partial charge in [-0.15, -0.1) is 0 Å². The number of aromatic nitrogens is 5. The van der Waals surface area contributed by atoms with Crippen molar-refractivity contribution in [2.45, 2.75) is 24.5 Å². The van der Waals surface area contributed by atoms with Gasteiger partial charge in [0.2, 0.25) is 5.78 Å². The lowest BCUT2D eigenvalue weighted by molar-refractivity contribution is -0.384. The van der Waals surface area contributed by atoms with Gasteiger partial charge in [-0.3, -0.25) is 28.5 Å². The van der Waals surface area contributed by atoms with E-state index in [1.807, 2.05) is 0 Å². The van der Waals surface area contributed by atoms with Gasteiger partial charge in [0.05, 0.1) is 17.2 Å². The van der Waals surface area contributed by atoms with E-state index < -0.39 is 42.8 Å². The number of nitro groups is 1. The molecule has 0 aliphatic carbocycles. The van der Waals surface area contributed by atoms with Gasteiger partial charge in [0, 0.05) is 23.9 Å². The maximum atomic E-state index is 13.2. The summed E-state index contributed by atoms with van der Waals surface area (Å²) in [5, 5.41) is 21.7. The molecule has 17 heteroatoms. The van der Waals surface area contributed by atoms with E-state index in [1.165, 1.54) is 39.4 Å². The lowest BCUT2D eigenvalue weighted by atomic mass is 10.1. The first kappa shape index (κ1) is 22.5. The minimum absolute atomic E-state index is 0.0284. The van der Waals surface area contributed by atoms with Crippen LogP contribution in [0.15, 0.2) is 40.0 Å². The van der Waals surface area contributed by atoms with Crippen LogP contribution in [0.2, 0.25) is 0 Å². The molecule has 5 atom stereocenters. The fourth-order valence-electron chi connectivity index (χ4n) is 4.19. The summed E-state index contributed by atoms with van der Waals surface area (Å²) in [4.78, 5) is 44.9. The number of nitro benzene ring substituents is 1. The monoisotopic (exact) mass is 568 g/mol. The van der Waals surface area contributed by atoms with Crippen molar-refractivity contribution in [3.8, 4) is 11.3 Å². The second-order valence-corrected chi connectivity index (χ2v) is 10.0. The number of imidazole rings is 2. The van der Waals surface area contributed by atoms with Crippen molar-refractivity contribution < 1.29 is 33.3 Å². The average molecular weight is 569 g/mol. The zero-order valence-corrected chi connectivity index (χ0v) is 19.7. The van der Waals surface area contributed by atoms with E-state index >= 15 is 0 Å². The molecule has 0 spiro atoms. The van der Waals surface area contributed by atoms with E-state index in [1.54, 1.807) is 0 Å². The molecular formula is C18H14BrN6O9P. The number of aliphatic hydroxyl groups is 1. The number of aliphatic hydroxyl groups excluding tert-OH is 1. The Morgan fingerprint density at radius 3 is 2.74 bits per heavy atom. The van der Waals surface area contributed by atoms with Crippen molar-refractivity contribution in [3.05, 3.63) is 55.7 Å². The second-order valence-electron chi connectivity index (χ2n) is 7.90. The van der Waals surface area contributed by atoms with Gasteiger partial charge in [-0.05, 0) is 28.1 Å². The van der Waals surface area contributed by atoms with Crippen LogP contribution in [-0.2, 0) is 18.3 Å². The summed E-state index contributed by atoms with van der Waals surface area (Å²) in [6.07, 6.45) is -3.02. The molecule has 2 saturated heterocycles. The summed E-state index contributed by atoms with van der Waals surface area (Å²) in [5.41, 5.74) is 0.533. The predicted octanol–water partition coefficient (Wildman–Crippen LogP) is 1.48. The zero-order chi connectivity index (χ0) is 24.6. The van der Waals surface area contributed by atoms with Crippen molar-refractivity contribution in [3.63, 3.8) is 0 Å². The van der Waals surface area contributed by atoms with Crippen LogP contribution in [0.5, 0.6) is 0 Å². The molecule has 4 aromatic rings. The Morgan fingerprint density at radius 1 is 1.29 bits per heavy atom. The van der Waals surface area contributed by atoms with E-state index in [0.29, 0.717) is 11.3 Å². The quantitative estimate of drug-likeness (QED) is 0.140. The lowest BCUT2D eigenvalue weighted by Gasteiger charge is -2.27. The van der Waals surface area contributed by atoms with Gasteiger partial charge in [0.15, 0.2) is 22.1 Å². The van der Waals surface area contributed by atoms with Gasteiger partial charge in [0.1, 0.15) is 18.3 Å². The molecule has 0 radical (unpaired) electrons. The summed E-state index contributed by atoms with van der Waals surface area (Å²) in [5.74, 6) is 0.147. The fraction of sp³-hybridized carbons (Fsp3) is 0.278. The Kier molecular flexibility index (Phi) is 4.98. The maximum absolute atomic E-state index is 13.2. The van der Waals surface area contributed by atoms with Gasteiger partial charge in [0.25, 0.3) is 11.2 Å². The number of halogens is 1. The second kappa shape index (κ2) is 7.76. The Bertz CT molecular complexity index is 1610. The zero-order valence-electron chi connectivity index (χ0n) is 17.2. The van der Waals surface area contributed by atoms with Crippen LogP contribution >= 0.6 is 23.8 Å². The van der Waals surface area contributed by atoms with E-state index in [9.17, 15) is 29.5 Å². The van der Waals surface area contributed by atoms with E-state index in [2.05, 4.69) is 30.9 Å². The Hall–Kier alpha value is -2.98. The van der Waals surface area contributed by atoms with Crippen molar-refractivity contribution in [2.24, 2.45) is 0 Å². The number of H-pyrrole nitrogens is 1. The van der Waals surface area contributed by atoms with Crippen LogP contribution in [0, 0.1) is 10.1 Å². The molecule has 15 nitrogen and oxygen atoms in total. The third kappa shape index (κ3) is 3.53. The normalized spacial score (nSPS) is 28.5. The third-order valence-electron chi connectivity index (χ3n) is 5.82. The molecule has 1 unspecified atom stereocenters. The average Bonchev–Trinajstić information content (AvgIpc) is 3.48. The Labute approximate surface area is 201 Å². The number of benzene rings is 1. The first-order valence-electron chi connectivity index (χ1n) is 10.1. The Balaban J connectivity index is 1.44. The number of aromatic amines is 1. The van der Waals surface area contributed by atoms with Crippen molar-refractivity contribution in [2.75, 3.05) is 6.61 Å². The molecule has 0 amide bonds. The third-order valence-corrected chi connectivity index (χ3v) is 7.36. The summed E-state index contributed by atoms with van der Waals surface area (Å²) >= 11 is 3.26. The highest BCUT2D eigenvalue weighted by Gasteiger charge is 2.53. The number of nitrogens with one attached hydrogen (secondary N) is 1. The molecule has 2 fully saturated rings. The number of ether oxygens (including phenoxy) is 1. The molecule has 6 rings (SSSR count). The molecule has 1 aromatic carbocycles. The highest BCUT2D eigenvalue weighted by molar-refractivity contribution is 9.10. The molecular weight excluding hydrogens is 555 g/mol. The SMILES string of the molecule is O=c1c2nc(Br)n([C@@H]3O[C@@H]4COP(=O)(O)O[C@H]4[C@H]3O)c2nc2[nH]c(-c3ccc([N+](=O)[O-])cc3)cn12. The number of rotatable bonds is 3. The van der Waals surface area contributed by atoms with E-state index in [4.69, 9.17) is 13.8 Å². The van der Waals surface area contributed by atoms with Crippen LogP contribution < -0.4 is 5.56 Å². The first-order chi connectivity index (χ1) is 16.6. The number of phosphoric ester groups is 1. The molecule has 3 N–H and O–H groups in total. The summed E-state index contributed by atoms with van der Waals surface area (Å²) in [6.45, 7) is -0.272. The highest BCUT2D eigenvalue weighted by atomic mass is 79.9. The number of hydrogen-bond donors (Lipinski definition) is 3. The van der Waals surface area contributed by atoms with E-state index in [0.717, 1.165) is 0 Å². The fourth-order valence-corrected chi connectivity index (χ4v) is 5.70. The first-order valence-corrected chi connectivity index (χ1v) is 12.3. The number of nitrogens with zero attached hydrogens (tertiary/aromatic N) is 5. The van der Waals surface area contributed by atoms with Crippen LogP contribution in [0.3, 0.4) is 0 Å². The molecule has 0 saturated carbocycles. The van der Waals surface area contributed by atoms with Crippen LogP contribution in [0.1, 0.15) is 6.23 Å². The largest absolute Gasteiger partial charge is 0.472 e. The number of phosphoric acid groups is 1. The van der Waals surface area contributed by atoms with Gasteiger partial charge >= 0.3 is 7.82 Å². The van der Waals surface area contributed by atoms with Crippen molar-refractivity contribution >= 4 is 46.4 Å². The maximum Gasteiger partial charge on any atom is 0.472 e. The minimum Gasteiger partial charge on any atom is -0.386 e. The van der Waals surface area contributed by atoms with Gasteiger partial charge in [-0.25, -0.2) is 13.9 Å². The Morgan fingerprint density at radius 2 is 2.03 bits per heavy atom. The van der Waals surface area contributed by atoms with Gasteiger partial charge in [-0.2, -0.15) is 4.98 Å². The summed E-state index contributed by atoms with van der Waals surface area (Å²) in [6, 6.07) is 5.76. The van der Waals surface area contributed by atoms with Gasteiger partial charge in [-0.1, -0.05) is 0 Å². The number of hydrogen-bond acceptors (Lipinski definition) is 10. The molecule has 0 bridgehead atoms. The summed E-state index contributed by atoms with van der Waals surface area (Å²) in [7, 11) is -4.32. The number of fused-ring (bicyclic) bond motifs is 3. The number of non-ortho nitro benzene ring substituents is 1. The van der Waals surface area contributed by atoms with Crippen LogP contribution in [0.25, 0.3) is 28.2 Å². The standard InChI is InChI=1S/C18H14BrN6O9P/c19-17-21-11-14(24(17)16-12(26)13-10(33-16)6-32-35(30,31)34-13)22-18-20-9(5-23(18)15(11)27)7-1-3-8(4-2-7)25(28)29/h1-5,10,12-13,16,26H,6H2,(H,20,22)(H,30,31)/t10-,12-,13-,16-/m1/s1. The van der Waals surface area contributed by atoms with Crippen LogP contribution in [-0.4, -0.2) is 63.8 Å². The summed E-state index contributed by atoms with van der Waals surface area (Å²) < 4.78 is 30.1. The van der Waals surface area contributed by atoms with Crippen molar-refractivity contribution in [1.82, 2.24) is 23.9 Å². The van der Waals surface area contributed by atoms with Gasteiger partial charge < -0.3 is 19.7 Å². The molecule has 2 aliphatic heterocycles. The van der Waals surface area contributed by atoms with E-state index in [-0.39, 0.29) is 34.0 Å². The highest BCUT2D eigenvalue weighted by Crippen LogP contribution is 2.52. The predicted molar refractivity (Wildman–Crippen MR) is 119 cm³/mol. The minimum atomic E-state index is -4.32. The molecule has 2 aliphatic rings. The molecule has 5 heterocycles. The topological polar surface area (TPSA) is 196 Å². The van der Waals surface area contributed by atoms with Crippen LogP contribution in [0.4, 0.5) is 5.69 Å².